The molecular weight excluding hydrogens is 435 g/mol. The summed E-state index contributed by atoms with van der Waals surface area (Å²) in [5, 5.41) is 2.48. The molecule has 0 saturated heterocycles. The molecule has 0 atom stereocenters. The summed E-state index contributed by atoms with van der Waals surface area (Å²) < 4.78 is 67.2. The Labute approximate surface area is 178 Å². The van der Waals surface area contributed by atoms with Gasteiger partial charge in [0, 0.05) is 30.8 Å². The highest BCUT2D eigenvalue weighted by atomic mass is 19.4. The largest absolute Gasteiger partial charge is 0.391 e. The fraction of sp³-hybridized carbons (Fsp3) is 0.333. The summed E-state index contributed by atoms with van der Waals surface area (Å²) in [5.41, 5.74) is 0.504. The van der Waals surface area contributed by atoms with Gasteiger partial charge in [-0.25, -0.2) is 13.6 Å². The second-order valence-corrected chi connectivity index (χ2v) is 7.87. The van der Waals surface area contributed by atoms with Crippen molar-refractivity contribution >= 4 is 22.6 Å². The molecule has 0 spiro atoms. The molecule has 6 nitrogen and oxygen atoms in total. The number of amides is 1. The molecule has 32 heavy (non-hydrogen) atoms. The lowest BCUT2D eigenvalue weighted by Gasteiger charge is -2.43. The molecule has 3 aromatic rings. The van der Waals surface area contributed by atoms with Gasteiger partial charge in [-0.1, -0.05) is 6.07 Å². The predicted molar refractivity (Wildman–Crippen MR) is 107 cm³/mol. The number of fused-ring (bicyclic) bond motifs is 1. The Kier molecular flexibility index (Phi) is 5.43. The van der Waals surface area contributed by atoms with Crippen LogP contribution in [0.2, 0.25) is 0 Å². The Bertz CT molecular complexity index is 1230. The number of H-pyrrole nitrogens is 2. The number of nitrogens with one attached hydrogen (secondary N) is 3. The molecule has 1 heterocycles. The maximum absolute atomic E-state index is 14.6. The summed E-state index contributed by atoms with van der Waals surface area (Å²) in [6, 6.07) is 6.51. The molecule has 0 aliphatic heterocycles. The molecule has 1 fully saturated rings. The SMILES string of the molecule is CN(c1ccc(CNC(=O)c2ccc3[nH]c(=O)[nH]c3c2)c(F)c1F)C1CC(C(F)(F)F)C1. The number of aromatic nitrogens is 2. The number of hydrogen-bond acceptors (Lipinski definition) is 3. The molecular formula is C21H19F5N4O2. The number of anilines is 1. The fourth-order valence-electron chi connectivity index (χ4n) is 3.81. The van der Waals surface area contributed by atoms with Crippen molar-refractivity contribution in [3.63, 3.8) is 0 Å². The van der Waals surface area contributed by atoms with Crippen molar-refractivity contribution in [1.82, 2.24) is 15.3 Å². The van der Waals surface area contributed by atoms with Gasteiger partial charge in [-0.2, -0.15) is 13.2 Å². The van der Waals surface area contributed by atoms with Crippen LogP contribution in [0.5, 0.6) is 0 Å². The zero-order valence-corrected chi connectivity index (χ0v) is 16.8. The van der Waals surface area contributed by atoms with E-state index in [1.165, 1.54) is 42.3 Å². The summed E-state index contributed by atoms with van der Waals surface area (Å²) in [5.74, 6) is -4.34. The van der Waals surface area contributed by atoms with E-state index in [0.717, 1.165) is 0 Å². The Morgan fingerprint density at radius 3 is 2.47 bits per heavy atom. The van der Waals surface area contributed by atoms with Crippen molar-refractivity contribution < 1.29 is 26.7 Å². The van der Waals surface area contributed by atoms with Crippen molar-refractivity contribution in [2.24, 2.45) is 5.92 Å². The first-order chi connectivity index (χ1) is 15.0. The molecule has 0 unspecified atom stereocenters. The van der Waals surface area contributed by atoms with Crippen LogP contribution in [0.1, 0.15) is 28.8 Å². The average molecular weight is 454 g/mol. The van der Waals surface area contributed by atoms with Crippen LogP contribution < -0.4 is 15.9 Å². The van der Waals surface area contributed by atoms with Gasteiger partial charge in [-0.3, -0.25) is 4.79 Å². The number of alkyl halides is 3. The van der Waals surface area contributed by atoms with E-state index in [1.807, 2.05) is 0 Å². The number of nitrogens with zero attached hydrogens (tertiary/aromatic N) is 1. The van der Waals surface area contributed by atoms with Crippen molar-refractivity contribution in [1.29, 1.82) is 0 Å². The topological polar surface area (TPSA) is 81.0 Å². The first-order valence-electron chi connectivity index (χ1n) is 9.81. The van der Waals surface area contributed by atoms with E-state index in [-0.39, 0.29) is 36.2 Å². The van der Waals surface area contributed by atoms with Gasteiger partial charge in [0.2, 0.25) is 0 Å². The van der Waals surface area contributed by atoms with Gasteiger partial charge in [0.15, 0.2) is 11.6 Å². The number of halogens is 5. The Morgan fingerprint density at radius 1 is 1.09 bits per heavy atom. The standard InChI is InChI=1S/C21H19F5N4O2/c1-30(13-7-12(8-13)21(24,25)26)16-5-3-11(17(22)18(16)23)9-27-19(31)10-2-4-14-15(6-10)29-20(32)28-14/h2-6,12-13H,7-9H2,1H3,(H,27,31)(H2,28,29,32). The van der Waals surface area contributed by atoms with Crippen LogP contribution in [0.4, 0.5) is 27.6 Å². The second kappa shape index (κ2) is 7.95. The maximum Gasteiger partial charge on any atom is 0.391 e. The van der Waals surface area contributed by atoms with Gasteiger partial charge >= 0.3 is 11.9 Å². The lowest BCUT2D eigenvalue weighted by atomic mass is 9.79. The summed E-state index contributed by atoms with van der Waals surface area (Å²) in [7, 11) is 1.43. The van der Waals surface area contributed by atoms with Crippen LogP contribution in [0.25, 0.3) is 11.0 Å². The molecule has 1 aliphatic carbocycles. The Balaban J connectivity index is 1.42. The molecule has 11 heteroatoms. The van der Waals surface area contributed by atoms with Gasteiger partial charge in [-0.05, 0) is 37.1 Å². The van der Waals surface area contributed by atoms with E-state index < -0.39 is 41.4 Å². The minimum absolute atomic E-state index is 0.106. The van der Waals surface area contributed by atoms with E-state index in [0.29, 0.717) is 11.0 Å². The number of carbonyl (C=O) groups excluding carboxylic acids is 1. The highest BCUT2D eigenvalue weighted by Crippen LogP contribution is 2.44. The number of carbonyl (C=O) groups is 1. The van der Waals surface area contributed by atoms with Gasteiger partial charge < -0.3 is 20.2 Å². The fourth-order valence-corrected chi connectivity index (χ4v) is 3.81. The van der Waals surface area contributed by atoms with Crippen molar-refractivity contribution in [2.75, 3.05) is 11.9 Å². The van der Waals surface area contributed by atoms with Crippen LogP contribution in [-0.4, -0.2) is 35.1 Å². The van der Waals surface area contributed by atoms with Crippen molar-refractivity contribution in [3.8, 4) is 0 Å². The molecule has 2 aromatic carbocycles. The van der Waals surface area contributed by atoms with E-state index >= 15 is 0 Å². The number of aromatic amines is 2. The van der Waals surface area contributed by atoms with Crippen molar-refractivity contribution in [3.05, 3.63) is 63.6 Å². The average Bonchev–Trinajstić information content (AvgIpc) is 3.05. The van der Waals surface area contributed by atoms with Crippen LogP contribution in [0.3, 0.4) is 0 Å². The third kappa shape index (κ3) is 4.06. The first-order valence-corrected chi connectivity index (χ1v) is 9.81. The quantitative estimate of drug-likeness (QED) is 0.513. The molecule has 1 aliphatic rings. The van der Waals surface area contributed by atoms with E-state index in [1.54, 1.807) is 0 Å². The normalized spacial score (nSPS) is 18.4. The van der Waals surface area contributed by atoms with Crippen LogP contribution in [-0.2, 0) is 6.54 Å². The summed E-state index contributed by atoms with van der Waals surface area (Å²) in [4.78, 5) is 30.0. The molecule has 0 bridgehead atoms. The highest BCUT2D eigenvalue weighted by Gasteiger charge is 2.49. The van der Waals surface area contributed by atoms with Crippen molar-refractivity contribution in [2.45, 2.75) is 31.6 Å². The summed E-state index contributed by atoms with van der Waals surface area (Å²) >= 11 is 0. The third-order valence-corrected chi connectivity index (χ3v) is 5.86. The molecule has 1 amide bonds. The van der Waals surface area contributed by atoms with Gasteiger partial charge in [0.1, 0.15) is 0 Å². The molecule has 4 rings (SSSR count). The van der Waals surface area contributed by atoms with E-state index in [2.05, 4.69) is 15.3 Å². The zero-order chi connectivity index (χ0) is 23.2. The van der Waals surface area contributed by atoms with Crippen LogP contribution in [0.15, 0.2) is 35.1 Å². The lowest BCUT2D eigenvalue weighted by molar-refractivity contribution is -0.196. The molecule has 1 saturated carbocycles. The number of imidazole rings is 1. The van der Waals surface area contributed by atoms with Gasteiger partial charge in [-0.15, -0.1) is 0 Å². The smallest absolute Gasteiger partial charge is 0.369 e. The predicted octanol–water partition coefficient (Wildman–Crippen LogP) is 3.84. The summed E-state index contributed by atoms with van der Waals surface area (Å²) in [6.45, 7) is -0.299. The van der Waals surface area contributed by atoms with E-state index in [9.17, 15) is 31.5 Å². The Hall–Kier alpha value is -3.37. The molecule has 170 valence electrons. The first kappa shape index (κ1) is 21.8. The maximum atomic E-state index is 14.6. The van der Waals surface area contributed by atoms with Crippen LogP contribution >= 0.6 is 0 Å². The van der Waals surface area contributed by atoms with Gasteiger partial charge in [0.25, 0.3) is 5.91 Å². The van der Waals surface area contributed by atoms with Gasteiger partial charge in [0.05, 0.1) is 22.6 Å². The number of benzene rings is 2. The van der Waals surface area contributed by atoms with E-state index in [4.69, 9.17) is 0 Å². The summed E-state index contributed by atoms with van der Waals surface area (Å²) in [6.07, 6.45) is -4.63. The third-order valence-electron chi connectivity index (χ3n) is 5.86. The number of rotatable bonds is 5. The second-order valence-electron chi connectivity index (χ2n) is 7.87. The molecule has 3 N–H and O–H groups in total. The Morgan fingerprint density at radius 2 is 1.78 bits per heavy atom. The highest BCUT2D eigenvalue weighted by molar-refractivity contribution is 5.97. The molecule has 1 aromatic heterocycles. The number of hydrogen-bond donors (Lipinski definition) is 3. The monoisotopic (exact) mass is 454 g/mol. The zero-order valence-electron chi connectivity index (χ0n) is 16.8. The minimum Gasteiger partial charge on any atom is -0.369 e. The minimum atomic E-state index is -4.29. The molecule has 0 radical (unpaired) electrons. The lowest BCUT2D eigenvalue weighted by Crippen LogP contribution is -2.48. The van der Waals surface area contributed by atoms with Crippen LogP contribution in [0, 0.1) is 17.6 Å².